The minimum absolute atomic E-state index is 0.115. The molecule has 0 spiro atoms. The van der Waals surface area contributed by atoms with Gasteiger partial charge in [-0.2, -0.15) is 11.8 Å². The predicted molar refractivity (Wildman–Crippen MR) is 112 cm³/mol. The summed E-state index contributed by atoms with van der Waals surface area (Å²) in [6.07, 6.45) is 2.04. The summed E-state index contributed by atoms with van der Waals surface area (Å²) >= 11 is 1.70. The molecule has 0 atom stereocenters. The molecule has 1 fully saturated rings. The zero-order valence-electron chi connectivity index (χ0n) is 15.8. The Balaban J connectivity index is 1.44. The Morgan fingerprint density at radius 1 is 1.07 bits per heavy atom. The molecule has 28 heavy (non-hydrogen) atoms. The maximum Gasteiger partial charge on any atom is 0.242 e. The van der Waals surface area contributed by atoms with E-state index in [0.29, 0.717) is 19.6 Å². The van der Waals surface area contributed by atoms with Crippen LogP contribution in [0, 0.1) is 5.82 Å². The quantitative estimate of drug-likeness (QED) is 0.661. The number of anilines is 1. The van der Waals surface area contributed by atoms with Crippen LogP contribution in [0.2, 0.25) is 0 Å². The number of nitrogens with zero attached hydrogens (tertiary/aromatic N) is 4. The first kappa shape index (κ1) is 18.8. The van der Waals surface area contributed by atoms with Gasteiger partial charge in [0.1, 0.15) is 18.2 Å². The molecule has 0 bridgehead atoms. The predicted octanol–water partition coefficient (Wildman–Crippen LogP) is 3.39. The fraction of sp³-hybridized carbons (Fsp3) is 0.333. The number of piperazine rings is 1. The molecule has 0 unspecified atom stereocenters. The molecular weight excluding hydrogens is 375 g/mol. The van der Waals surface area contributed by atoms with Gasteiger partial charge in [-0.05, 0) is 42.7 Å². The second-order valence-corrected chi connectivity index (χ2v) is 7.75. The molecule has 1 aliphatic heterocycles. The molecule has 1 amide bonds. The molecule has 0 radical (unpaired) electrons. The normalized spacial score (nSPS) is 14.6. The van der Waals surface area contributed by atoms with E-state index in [1.54, 1.807) is 23.9 Å². The summed E-state index contributed by atoms with van der Waals surface area (Å²) in [6, 6.07) is 14.5. The molecule has 2 aromatic carbocycles. The van der Waals surface area contributed by atoms with E-state index >= 15 is 0 Å². The molecule has 0 aliphatic carbocycles. The topological polar surface area (TPSA) is 41.4 Å². The molecule has 1 aromatic heterocycles. The third-order valence-electron chi connectivity index (χ3n) is 5.12. The number of fused-ring (bicyclic) bond motifs is 1. The highest BCUT2D eigenvalue weighted by atomic mass is 32.2. The molecule has 7 heteroatoms. The zero-order chi connectivity index (χ0) is 19.5. The van der Waals surface area contributed by atoms with Gasteiger partial charge in [0, 0.05) is 31.9 Å². The Bertz CT molecular complexity index is 964. The number of carbonyl (C=O) groups is 1. The van der Waals surface area contributed by atoms with E-state index in [9.17, 15) is 9.18 Å². The second-order valence-electron chi connectivity index (χ2n) is 6.88. The number of halogens is 1. The van der Waals surface area contributed by atoms with Gasteiger partial charge in [0.05, 0.1) is 16.8 Å². The van der Waals surface area contributed by atoms with Gasteiger partial charge in [-0.25, -0.2) is 9.37 Å². The van der Waals surface area contributed by atoms with Crippen molar-refractivity contribution < 1.29 is 9.18 Å². The first-order valence-electron chi connectivity index (χ1n) is 9.37. The molecule has 1 saturated heterocycles. The average Bonchev–Trinajstić information content (AvgIpc) is 3.06. The van der Waals surface area contributed by atoms with Gasteiger partial charge in [0.25, 0.3) is 0 Å². The van der Waals surface area contributed by atoms with Crippen molar-refractivity contribution >= 4 is 34.4 Å². The largest absolute Gasteiger partial charge is 0.368 e. The van der Waals surface area contributed by atoms with Gasteiger partial charge >= 0.3 is 0 Å². The van der Waals surface area contributed by atoms with Crippen molar-refractivity contribution in [2.24, 2.45) is 0 Å². The van der Waals surface area contributed by atoms with Crippen LogP contribution >= 0.6 is 11.8 Å². The summed E-state index contributed by atoms with van der Waals surface area (Å²) in [6.45, 7) is 3.15. The number of benzene rings is 2. The Kier molecular flexibility index (Phi) is 5.52. The second kappa shape index (κ2) is 8.22. The number of amides is 1. The minimum atomic E-state index is -0.230. The van der Waals surface area contributed by atoms with E-state index in [1.807, 2.05) is 40.0 Å². The number of imidazole rings is 1. The van der Waals surface area contributed by atoms with E-state index in [-0.39, 0.29) is 11.7 Å². The van der Waals surface area contributed by atoms with Gasteiger partial charge in [0.15, 0.2) is 0 Å². The summed E-state index contributed by atoms with van der Waals surface area (Å²) in [7, 11) is 0. The van der Waals surface area contributed by atoms with E-state index in [1.165, 1.54) is 12.1 Å². The highest BCUT2D eigenvalue weighted by Gasteiger charge is 2.23. The first-order valence-corrected chi connectivity index (χ1v) is 10.8. The van der Waals surface area contributed by atoms with E-state index in [4.69, 9.17) is 4.98 Å². The summed E-state index contributed by atoms with van der Waals surface area (Å²) in [5.74, 6) is 1.60. The molecule has 1 aliphatic rings. The molecule has 4 rings (SSSR count). The number of hydrogen-bond acceptors (Lipinski definition) is 4. The number of aromatic nitrogens is 2. The van der Waals surface area contributed by atoms with Gasteiger partial charge in [0.2, 0.25) is 5.91 Å². The van der Waals surface area contributed by atoms with Crippen LogP contribution in [0.5, 0.6) is 0 Å². The van der Waals surface area contributed by atoms with Crippen LogP contribution < -0.4 is 4.90 Å². The van der Waals surface area contributed by atoms with Crippen molar-refractivity contribution in [1.82, 2.24) is 14.5 Å². The number of carbonyl (C=O) groups excluding carboxylic acids is 1. The summed E-state index contributed by atoms with van der Waals surface area (Å²) in [5.41, 5.74) is 2.93. The monoisotopic (exact) mass is 398 g/mol. The fourth-order valence-electron chi connectivity index (χ4n) is 3.64. The smallest absolute Gasteiger partial charge is 0.242 e. The van der Waals surface area contributed by atoms with Gasteiger partial charge < -0.3 is 14.4 Å². The van der Waals surface area contributed by atoms with Crippen molar-refractivity contribution in [3.05, 3.63) is 60.2 Å². The average molecular weight is 399 g/mol. The van der Waals surface area contributed by atoms with Crippen LogP contribution in [0.15, 0.2) is 48.5 Å². The molecule has 0 N–H and O–H groups in total. The third kappa shape index (κ3) is 3.85. The fourth-order valence-corrected chi connectivity index (χ4v) is 4.12. The minimum Gasteiger partial charge on any atom is -0.368 e. The lowest BCUT2D eigenvalue weighted by molar-refractivity contribution is -0.132. The lowest BCUT2D eigenvalue weighted by Crippen LogP contribution is -2.49. The van der Waals surface area contributed by atoms with Gasteiger partial charge in [-0.3, -0.25) is 4.79 Å². The van der Waals surface area contributed by atoms with Crippen molar-refractivity contribution in [1.29, 1.82) is 0 Å². The molecular formula is C21H23FN4OS. The summed E-state index contributed by atoms with van der Waals surface area (Å²) in [4.78, 5) is 21.8. The highest BCUT2D eigenvalue weighted by molar-refractivity contribution is 7.97. The highest BCUT2D eigenvalue weighted by Crippen LogP contribution is 2.20. The Hall–Kier alpha value is -2.54. The van der Waals surface area contributed by atoms with Crippen LogP contribution in [0.3, 0.4) is 0 Å². The van der Waals surface area contributed by atoms with Crippen LogP contribution in [0.25, 0.3) is 11.0 Å². The van der Waals surface area contributed by atoms with E-state index in [2.05, 4.69) is 4.90 Å². The standard InChI is InChI=1S/C21H23FN4OS/c1-28-15-20-23-18-4-2-3-5-19(18)26(20)14-21(27)25-12-10-24(11-13-25)17-8-6-16(22)7-9-17/h2-9H,10-15H2,1H3. The Morgan fingerprint density at radius 2 is 1.79 bits per heavy atom. The number of para-hydroxylation sites is 2. The lowest BCUT2D eigenvalue weighted by atomic mass is 10.2. The van der Waals surface area contributed by atoms with Crippen molar-refractivity contribution in [3.8, 4) is 0 Å². The van der Waals surface area contributed by atoms with Crippen molar-refractivity contribution in [2.45, 2.75) is 12.3 Å². The van der Waals surface area contributed by atoms with Crippen LogP contribution in [-0.2, 0) is 17.1 Å². The van der Waals surface area contributed by atoms with Gasteiger partial charge in [-0.1, -0.05) is 12.1 Å². The first-order chi connectivity index (χ1) is 13.7. The maximum atomic E-state index is 13.1. The molecule has 0 saturated carbocycles. The maximum absolute atomic E-state index is 13.1. The van der Waals surface area contributed by atoms with Crippen LogP contribution in [-0.4, -0.2) is 52.8 Å². The summed E-state index contributed by atoms with van der Waals surface area (Å²) < 4.78 is 15.2. The molecule has 146 valence electrons. The Labute approximate surface area is 168 Å². The molecule has 2 heterocycles. The number of rotatable bonds is 5. The summed E-state index contributed by atoms with van der Waals surface area (Å²) in [5, 5.41) is 0. The lowest BCUT2D eigenvalue weighted by Gasteiger charge is -2.36. The number of hydrogen-bond donors (Lipinski definition) is 0. The number of thioether (sulfide) groups is 1. The van der Waals surface area contributed by atoms with Crippen molar-refractivity contribution in [2.75, 3.05) is 37.3 Å². The third-order valence-corrected chi connectivity index (χ3v) is 5.67. The Morgan fingerprint density at radius 3 is 2.50 bits per heavy atom. The van der Waals surface area contributed by atoms with Gasteiger partial charge in [-0.15, -0.1) is 0 Å². The molecule has 5 nitrogen and oxygen atoms in total. The zero-order valence-corrected chi connectivity index (χ0v) is 16.7. The van der Waals surface area contributed by atoms with E-state index in [0.717, 1.165) is 41.4 Å². The SMILES string of the molecule is CSCc1nc2ccccc2n1CC(=O)N1CCN(c2ccc(F)cc2)CC1. The van der Waals surface area contributed by atoms with E-state index < -0.39 is 0 Å². The molecule has 3 aromatic rings. The van der Waals surface area contributed by atoms with Crippen LogP contribution in [0.1, 0.15) is 5.82 Å². The van der Waals surface area contributed by atoms with Crippen LogP contribution in [0.4, 0.5) is 10.1 Å². The van der Waals surface area contributed by atoms with Crippen molar-refractivity contribution in [3.63, 3.8) is 0 Å².